The number of esters is 2. The lowest BCUT2D eigenvalue weighted by atomic mass is 10.1. The monoisotopic (exact) mass is 834 g/mol. The third-order valence-corrected chi connectivity index (χ3v) is 8.30. The van der Waals surface area contributed by atoms with Crippen LogP contribution in [-0.4, -0.2) is 63.8 Å². The fourth-order valence-corrected chi connectivity index (χ4v) is 5.76. The Bertz CT molecular complexity index is 1650. The number of hydrogen-bond acceptors (Lipinski definition) is 8. The van der Waals surface area contributed by atoms with Gasteiger partial charge in [-0.2, -0.15) is 0 Å². The average Bonchev–Trinajstić information content (AvgIpc) is 3.13. The van der Waals surface area contributed by atoms with E-state index in [0.29, 0.717) is 64.0 Å². The Labute approximate surface area is 324 Å². The second-order valence-corrected chi connectivity index (χ2v) is 12.6. The lowest BCUT2D eigenvalue weighted by molar-refractivity contribution is -0.157. The SMILES string of the molecule is CCOC(=O)[C@H](Cc1ccc(OCC=CC#Cc2ccc(C#CC=CCOc3ccc(C[C@H](OCC)C(=O)OCC)cc3Br)cc2)c(Br)c1)OCC. The molecule has 2 atom stereocenters. The minimum absolute atomic E-state index is 0.313. The van der Waals surface area contributed by atoms with Gasteiger partial charge in [0.15, 0.2) is 12.2 Å². The molecule has 3 rings (SSSR count). The van der Waals surface area contributed by atoms with Crippen molar-refractivity contribution in [1.82, 2.24) is 0 Å². The molecule has 0 bridgehead atoms. The molecule has 0 aliphatic carbocycles. The Morgan fingerprint density at radius 1 is 0.615 bits per heavy atom. The van der Waals surface area contributed by atoms with Gasteiger partial charge in [0.2, 0.25) is 0 Å². The Morgan fingerprint density at radius 2 is 1.02 bits per heavy atom. The van der Waals surface area contributed by atoms with Crippen molar-refractivity contribution in [2.24, 2.45) is 0 Å². The van der Waals surface area contributed by atoms with E-state index >= 15 is 0 Å². The van der Waals surface area contributed by atoms with Crippen LogP contribution in [0, 0.1) is 23.7 Å². The molecule has 274 valence electrons. The summed E-state index contributed by atoms with van der Waals surface area (Å²) in [4.78, 5) is 24.3. The first-order valence-electron chi connectivity index (χ1n) is 17.1. The topological polar surface area (TPSA) is 89.5 Å². The number of halogens is 2. The fraction of sp³-hybridized carbons (Fsp3) is 0.333. The summed E-state index contributed by atoms with van der Waals surface area (Å²) in [6.45, 7) is 9.43. The summed E-state index contributed by atoms with van der Waals surface area (Å²) in [5, 5.41) is 0. The smallest absolute Gasteiger partial charge is 0.335 e. The molecule has 52 heavy (non-hydrogen) atoms. The summed E-state index contributed by atoms with van der Waals surface area (Å²) >= 11 is 7.10. The summed E-state index contributed by atoms with van der Waals surface area (Å²) in [5.74, 6) is 12.9. The highest BCUT2D eigenvalue weighted by Crippen LogP contribution is 2.28. The standard InChI is InChI=1S/C42H44Br2O8/c1-5-47-39(41(45)49-7-3)29-33-21-23-37(35(43)27-33)51-25-13-9-11-15-31-17-19-32(20-18-31)16-12-10-14-26-52-38-24-22-34(28-36(38)44)30-40(48-6-2)42(46)50-8-4/h9-10,13-14,17-24,27-28,39-40H,5-8,25-26,29-30H2,1-4H3/t39-,40-/m0/s1. The lowest BCUT2D eigenvalue weighted by Crippen LogP contribution is -2.29. The van der Waals surface area contributed by atoms with Gasteiger partial charge >= 0.3 is 11.9 Å². The van der Waals surface area contributed by atoms with Crippen LogP contribution in [0.5, 0.6) is 11.5 Å². The van der Waals surface area contributed by atoms with Gasteiger partial charge in [-0.15, -0.1) is 0 Å². The van der Waals surface area contributed by atoms with Gasteiger partial charge in [-0.3, -0.25) is 0 Å². The summed E-state index contributed by atoms with van der Waals surface area (Å²) in [6.07, 6.45) is 6.74. The molecule has 0 aromatic heterocycles. The molecule has 3 aromatic rings. The summed E-state index contributed by atoms with van der Waals surface area (Å²) in [7, 11) is 0. The van der Waals surface area contributed by atoms with Gasteiger partial charge in [-0.05, 0) is 144 Å². The van der Waals surface area contributed by atoms with Crippen molar-refractivity contribution in [2.45, 2.75) is 52.7 Å². The number of benzene rings is 3. The molecule has 0 unspecified atom stereocenters. The Kier molecular flexibility index (Phi) is 19.4. The van der Waals surface area contributed by atoms with Crippen LogP contribution in [-0.2, 0) is 41.4 Å². The van der Waals surface area contributed by atoms with E-state index in [1.54, 1.807) is 26.0 Å². The van der Waals surface area contributed by atoms with Gasteiger partial charge in [-0.25, -0.2) is 9.59 Å². The van der Waals surface area contributed by atoms with Gasteiger partial charge in [0.1, 0.15) is 24.7 Å². The molecule has 0 aliphatic rings. The van der Waals surface area contributed by atoms with Crippen molar-refractivity contribution >= 4 is 43.8 Å². The molecule has 3 aromatic carbocycles. The zero-order valence-electron chi connectivity index (χ0n) is 29.9. The summed E-state index contributed by atoms with van der Waals surface area (Å²) < 4.78 is 34.6. The lowest BCUT2D eigenvalue weighted by Gasteiger charge is -2.16. The molecule has 10 heteroatoms. The number of rotatable bonds is 18. The Morgan fingerprint density at radius 3 is 1.37 bits per heavy atom. The molecular weight excluding hydrogens is 792 g/mol. The fourth-order valence-electron chi connectivity index (χ4n) is 4.68. The van der Waals surface area contributed by atoms with Crippen LogP contribution in [0.2, 0.25) is 0 Å². The van der Waals surface area contributed by atoms with E-state index in [0.717, 1.165) is 31.2 Å². The number of carbonyl (C=O) groups excluding carboxylic acids is 2. The molecule has 0 aliphatic heterocycles. The van der Waals surface area contributed by atoms with Crippen molar-refractivity contribution in [3.8, 4) is 35.2 Å². The predicted octanol–water partition coefficient (Wildman–Crippen LogP) is 8.21. The molecule has 0 amide bonds. The van der Waals surface area contributed by atoms with E-state index in [1.807, 2.05) is 86.7 Å². The molecule has 0 fully saturated rings. The van der Waals surface area contributed by atoms with Crippen LogP contribution >= 0.6 is 31.9 Å². The van der Waals surface area contributed by atoms with Gasteiger partial charge < -0.3 is 28.4 Å². The number of carbonyl (C=O) groups is 2. The van der Waals surface area contributed by atoms with E-state index in [2.05, 4.69) is 55.5 Å². The molecule has 0 N–H and O–H groups in total. The van der Waals surface area contributed by atoms with E-state index in [4.69, 9.17) is 28.4 Å². The maximum atomic E-state index is 12.2. The molecule has 8 nitrogen and oxygen atoms in total. The first-order valence-corrected chi connectivity index (χ1v) is 18.7. The summed E-state index contributed by atoms with van der Waals surface area (Å²) in [6, 6.07) is 19.1. The third kappa shape index (κ3) is 15.1. The highest BCUT2D eigenvalue weighted by Gasteiger charge is 2.22. The minimum Gasteiger partial charge on any atom is -0.488 e. The van der Waals surface area contributed by atoms with Crippen LogP contribution in [0.25, 0.3) is 0 Å². The van der Waals surface area contributed by atoms with Crippen LogP contribution in [0.15, 0.2) is 93.9 Å². The second kappa shape index (κ2) is 24.0. The van der Waals surface area contributed by atoms with Gasteiger partial charge in [0.05, 0.1) is 22.2 Å². The number of allylic oxidation sites excluding steroid dienone is 2. The van der Waals surface area contributed by atoms with Crippen molar-refractivity contribution in [1.29, 1.82) is 0 Å². The average molecular weight is 837 g/mol. The van der Waals surface area contributed by atoms with Crippen molar-refractivity contribution in [2.75, 3.05) is 39.6 Å². The number of hydrogen-bond donors (Lipinski definition) is 0. The van der Waals surface area contributed by atoms with Crippen molar-refractivity contribution in [3.05, 3.63) is 116 Å². The third-order valence-electron chi connectivity index (χ3n) is 7.06. The summed E-state index contributed by atoms with van der Waals surface area (Å²) in [5.41, 5.74) is 3.61. The predicted molar refractivity (Wildman–Crippen MR) is 209 cm³/mol. The van der Waals surface area contributed by atoms with E-state index in [1.165, 1.54) is 0 Å². The zero-order valence-corrected chi connectivity index (χ0v) is 33.1. The Hall–Kier alpha value is -4.32. The van der Waals surface area contributed by atoms with Crippen LogP contribution in [0.3, 0.4) is 0 Å². The van der Waals surface area contributed by atoms with Crippen LogP contribution < -0.4 is 9.47 Å². The quantitative estimate of drug-likeness (QED) is 0.0937. The second-order valence-electron chi connectivity index (χ2n) is 10.9. The van der Waals surface area contributed by atoms with E-state index < -0.39 is 12.2 Å². The van der Waals surface area contributed by atoms with Crippen LogP contribution in [0.1, 0.15) is 49.9 Å². The number of ether oxygens (including phenoxy) is 6. The van der Waals surface area contributed by atoms with Crippen LogP contribution in [0.4, 0.5) is 0 Å². The first-order chi connectivity index (χ1) is 25.3. The molecule has 0 spiro atoms. The maximum Gasteiger partial charge on any atom is 0.335 e. The van der Waals surface area contributed by atoms with Gasteiger partial charge in [0, 0.05) is 37.2 Å². The molecule has 0 saturated carbocycles. The highest BCUT2D eigenvalue weighted by atomic mass is 79.9. The first kappa shape index (κ1) is 42.1. The Balaban J connectivity index is 1.42. The molecule has 0 radical (unpaired) electrons. The molecular formula is C42H44Br2O8. The molecule has 0 heterocycles. The van der Waals surface area contributed by atoms with Crippen molar-refractivity contribution in [3.63, 3.8) is 0 Å². The van der Waals surface area contributed by atoms with E-state index in [-0.39, 0.29) is 11.9 Å². The zero-order chi connectivity index (χ0) is 37.6. The molecule has 0 saturated heterocycles. The highest BCUT2D eigenvalue weighted by molar-refractivity contribution is 9.10. The van der Waals surface area contributed by atoms with E-state index in [9.17, 15) is 9.59 Å². The minimum atomic E-state index is -0.642. The maximum absolute atomic E-state index is 12.2. The van der Waals surface area contributed by atoms with Gasteiger partial charge in [0.25, 0.3) is 0 Å². The van der Waals surface area contributed by atoms with Gasteiger partial charge in [-0.1, -0.05) is 35.8 Å². The largest absolute Gasteiger partial charge is 0.488 e. The normalized spacial score (nSPS) is 12.0. The van der Waals surface area contributed by atoms with Crippen molar-refractivity contribution < 1.29 is 38.0 Å².